The first-order valence-electron chi connectivity index (χ1n) is 0. The zero-order valence-electron chi connectivity index (χ0n) is 2.22. The maximum atomic E-state index is 0. The minimum Gasteiger partial charge on any atom is -0.412 e. The van der Waals surface area contributed by atoms with Gasteiger partial charge in [0.25, 0.3) is 0 Å². The van der Waals surface area contributed by atoms with Crippen molar-refractivity contribution >= 4 is 29.6 Å². The second kappa shape index (κ2) is 19.2. The quantitative estimate of drug-likeness (QED) is 0.435. The molecule has 0 aromatic rings. The molecule has 0 atom stereocenters. The van der Waals surface area contributed by atoms with Crippen molar-refractivity contribution in [3.8, 4) is 0 Å². The van der Waals surface area contributed by atoms with Crippen LogP contribution in [0, 0.1) is 0 Å². The second-order valence-corrected chi connectivity index (χ2v) is 0. The zero-order valence-corrected chi connectivity index (χ0v) is 7.22. The Bertz CT molecular complexity index is 8.00. The molecule has 0 heterocycles. The van der Waals surface area contributed by atoms with E-state index < -0.39 is 0 Å². The summed E-state index contributed by atoms with van der Waals surface area (Å²) in [5.41, 5.74) is 0. The van der Waals surface area contributed by atoms with E-state index >= 15 is 0 Å². The van der Waals surface area contributed by atoms with Gasteiger partial charge in [0.1, 0.15) is 0 Å². The summed E-state index contributed by atoms with van der Waals surface area (Å²) in [4.78, 5) is 0. The van der Waals surface area contributed by atoms with Gasteiger partial charge in [-0.1, -0.05) is 0 Å². The Morgan fingerprint density at radius 3 is 1.00 bits per heavy atom. The molecule has 4 heteroatoms. The van der Waals surface area contributed by atoms with Crippen LogP contribution in [0.4, 0.5) is 0 Å². The van der Waals surface area contributed by atoms with E-state index in [9.17, 15) is 0 Å². The Kier molecular flexibility index (Phi) is 170. The fourth-order valence-electron chi connectivity index (χ4n) is 0. The van der Waals surface area contributed by atoms with Crippen molar-refractivity contribution in [1.29, 1.82) is 0 Å². The molecule has 1 nitrogen and oxygen atoms in total. The summed E-state index contributed by atoms with van der Waals surface area (Å²) in [5, 5.41) is 0. The van der Waals surface area contributed by atoms with E-state index in [1.807, 2.05) is 0 Å². The van der Waals surface area contributed by atoms with Gasteiger partial charge in [0.15, 0.2) is 0 Å². The molecule has 0 unspecified atom stereocenters. The summed E-state index contributed by atoms with van der Waals surface area (Å²) in [6, 6.07) is 0. The van der Waals surface area contributed by atoms with E-state index in [-0.39, 0.29) is 72.6 Å². The van der Waals surface area contributed by atoms with Crippen LogP contribution in [-0.2, 0) is 37.6 Å². The van der Waals surface area contributed by atoms with Crippen LogP contribution in [0.15, 0.2) is 0 Å². The summed E-state index contributed by atoms with van der Waals surface area (Å²) in [7, 11) is 0. The molecular weight excluding hydrogens is 194 g/mol. The Hall–Kier alpha value is 2.14. The van der Waals surface area contributed by atoms with Crippen molar-refractivity contribution in [1.82, 2.24) is 0 Å². The number of hydrogen-bond donors (Lipinski definition) is 0. The summed E-state index contributed by atoms with van der Waals surface area (Å²) in [6.07, 6.45) is 0. The van der Waals surface area contributed by atoms with Crippen LogP contribution in [0.2, 0.25) is 0 Å². The number of hydrogen-bond acceptors (Lipinski definition) is 0. The molecule has 0 aliphatic rings. The SMILES string of the molecule is O.[Mo].[Na].[Ni]. The van der Waals surface area contributed by atoms with E-state index in [1.165, 1.54) is 0 Å². The molecule has 0 aromatic carbocycles. The Labute approximate surface area is 71.7 Å². The molecule has 0 spiro atoms. The predicted molar refractivity (Wildman–Crippen MR) is 9.37 cm³/mol. The van der Waals surface area contributed by atoms with E-state index in [2.05, 4.69) is 0 Å². The van der Waals surface area contributed by atoms with Gasteiger partial charge in [-0.2, -0.15) is 0 Å². The third-order valence-corrected chi connectivity index (χ3v) is 0. The monoisotopic (exact) mass is 197 g/mol. The van der Waals surface area contributed by atoms with Gasteiger partial charge in [0.05, 0.1) is 0 Å². The molecule has 1 radical (unpaired) electrons. The average Bonchev–Trinajstić information content (AvgIpc) is 0. The Morgan fingerprint density at radius 1 is 1.00 bits per heavy atom. The largest absolute Gasteiger partial charge is 0.412 e. The molecule has 25 valence electrons. The molecule has 0 saturated heterocycles. The van der Waals surface area contributed by atoms with Crippen LogP contribution < -0.4 is 0 Å². The summed E-state index contributed by atoms with van der Waals surface area (Å²) < 4.78 is 0. The molecule has 0 saturated carbocycles. The minimum absolute atomic E-state index is 0. The van der Waals surface area contributed by atoms with Crippen molar-refractivity contribution in [3.63, 3.8) is 0 Å². The minimum atomic E-state index is 0. The van der Waals surface area contributed by atoms with Gasteiger partial charge in [-0.25, -0.2) is 0 Å². The third kappa shape index (κ3) is 8.91. The summed E-state index contributed by atoms with van der Waals surface area (Å²) >= 11 is 0. The van der Waals surface area contributed by atoms with E-state index in [4.69, 9.17) is 0 Å². The first kappa shape index (κ1) is 35.4. The van der Waals surface area contributed by atoms with E-state index in [0.717, 1.165) is 0 Å². The van der Waals surface area contributed by atoms with Gasteiger partial charge in [-0.3, -0.25) is 0 Å². The van der Waals surface area contributed by atoms with Crippen LogP contribution >= 0.6 is 0 Å². The molecule has 0 amide bonds. The van der Waals surface area contributed by atoms with E-state index in [0.29, 0.717) is 0 Å². The molecule has 0 aliphatic carbocycles. The van der Waals surface area contributed by atoms with E-state index in [1.54, 1.807) is 0 Å². The molecule has 0 aromatic heterocycles. The fraction of sp³-hybridized carbons (Fsp3) is 0. The average molecular weight is 196 g/mol. The Balaban J connectivity index is 0. The Morgan fingerprint density at radius 2 is 1.00 bits per heavy atom. The first-order valence-corrected chi connectivity index (χ1v) is 0. The van der Waals surface area contributed by atoms with Crippen molar-refractivity contribution in [2.75, 3.05) is 0 Å². The zero-order chi connectivity index (χ0) is 0. The molecular formula is H2MoNaNiO. The predicted octanol–water partition coefficient (Wildman–Crippen LogP) is -1.21. The number of rotatable bonds is 0. The standard InChI is InChI=1S/Mo.Na.Ni.H2O/h;;;1H2. The smallest absolute Gasteiger partial charge is 0 e. The van der Waals surface area contributed by atoms with Gasteiger partial charge in [-0.05, 0) is 0 Å². The van der Waals surface area contributed by atoms with Gasteiger partial charge in [-0.15, -0.1) is 0 Å². The first-order chi connectivity index (χ1) is 0. The molecule has 0 bridgehead atoms. The van der Waals surface area contributed by atoms with Crippen LogP contribution in [0.3, 0.4) is 0 Å². The molecule has 0 rings (SSSR count). The third-order valence-electron chi connectivity index (χ3n) is 0. The normalized spacial score (nSPS) is 0. The topological polar surface area (TPSA) is 31.5 Å². The van der Waals surface area contributed by atoms with Crippen molar-refractivity contribution < 1.29 is 43.0 Å². The van der Waals surface area contributed by atoms with Crippen molar-refractivity contribution in [2.24, 2.45) is 0 Å². The van der Waals surface area contributed by atoms with Crippen LogP contribution in [-0.4, -0.2) is 35.0 Å². The van der Waals surface area contributed by atoms with Gasteiger partial charge in [0, 0.05) is 67.1 Å². The summed E-state index contributed by atoms with van der Waals surface area (Å²) in [5.74, 6) is 0. The fourth-order valence-corrected chi connectivity index (χ4v) is 0. The maximum absolute atomic E-state index is 0. The molecule has 2 N–H and O–H groups in total. The molecule has 0 aliphatic heterocycles. The van der Waals surface area contributed by atoms with Gasteiger partial charge >= 0.3 is 0 Å². The second-order valence-electron chi connectivity index (χ2n) is 0. The van der Waals surface area contributed by atoms with Crippen LogP contribution in [0.5, 0.6) is 0 Å². The van der Waals surface area contributed by atoms with Crippen molar-refractivity contribution in [2.45, 2.75) is 0 Å². The van der Waals surface area contributed by atoms with Crippen LogP contribution in [0.1, 0.15) is 0 Å². The summed E-state index contributed by atoms with van der Waals surface area (Å²) in [6.45, 7) is 0. The van der Waals surface area contributed by atoms with Crippen molar-refractivity contribution in [3.05, 3.63) is 0 Å². The molecule has 0 fully saturated rings. The molecule has 4 heavy (non-hydrogen) atoms. The maximum Gasteiger partial charge on any atom is 0 e. The van der Waals surface area contributed by atoms with Crippen LogP contribution in [0.25, 0.3) is 0 Å². The van der Waals surface area contributed by atoms with Gasteiger partial charge < -0.3 is 5.48 Å². The van der Waals surface area contributed by atoms with Gasteiger partial charge in [0.2, 0.25) is 0 Å².